The third kappa shape index (κ3) is 1.92. The number of hydrogen-bond acceptors (Lipinski definition) is 1. The molecule has 5 rings (SSSR count). The Morgan fingerprint density at radius 1 is 1.10 bits per heavy atom. The second kappa shape index (κ2) is 4.45. The van der Waals surface area contributed by atoms with E-state index in [1.807, 2.05) is 6.07 Å². The number of hydrogen-bond donors (Lipinski definition) is 1. The maximum Gasteiger partial charge on any atom is 0.142 e. The fourth-order valence-corrected chi connectivity index (χ4v) is 5.38. The molecular weight excluding hydrogens is 275 g/mol. The van der Waals surface area contributed by atoms with Crippen LogP contribution in [0.15, 0.2) is 18.2 Å². The average molecular weight is 295 g/mol. The molecule has 4 aliphatic rings. The topological polar surface area (TPSA) is 20.2 Å². The van der Waals surface area contributed by atoms with Crippen molar-refractivity contribution in [2.75, 3.05) is 0 Å². The number of benzene rings is 1. The van der Waals surface area contributed by atoms with E-state index in [1.54, 1.807) is 6.07 Å². The predicted molar refractivity (Wildman–Crippen MR) is 77.1 cm³/mol. The highest BCUT2D eigenvalue weighted by Crippen LogP contribution is 2.59. The van der Waals surface area contributed by atoms with E-state index in [-0.39, 0.29) is 10.8 Å². The summed E-state index contributed by atoms with van der Waals surface area (Å²) in [6.45, 7) is 0. The summed E-state index contributed by atoms with van der Waals surface area (Å²) in [5.41, 5.74) is 0.259. The summed E-state index contributed by atoms with van der Waals surface area (Å²) in [6.07, 6.45) is 6.62. The summed E-state index contributed by atoms with van der Waals surface area (Å²) in [4.78, 5) is 0. The van der Waals surface area contributed by atoms with E-state index in [2.05, 4.69) is 0 Å². The zero-order valence-corrected chi connectivity index (χ0v) is 12.2. The van der Waals surface area contributed by atoms with Gasteiger partial charge in [0.15, 0.2) is 0 Å². The van der Waals surface area contributed by atoms with Crippen LogP contribution in [0.25, 0.3) is 0 Å². The van der Waals surface area contributed by atoms with E-state index in [0.29, 0.717) is 18.3 Å². The van der Waals surface area contributed by atoms with Crippen molar-refractivity contribution in [2.24, 2.45) is 23.7 Å². The fraction of sp³-hybridized carbons (Fsp3) is 0.647. The minimum atomic E-state index is -0.617. The van der Waals surface area contributed by atoms with Crippen LogP contribution < -0.4 is 0 Å². The van der Waals surface area contributed by atoms with Gasteiger partial charge in [0, 0.05) is 6.42 Å². The first-order valence-electron chi connectivity index (χ1n) is 7.71. The Hall–Kier alpha value is -0.600. The molecule has 4 fully saturated rings. The van der Waals surface area contributed by atoms with Crippen molar-refractivity contribution in [1.82, 2.24) is 0 Å². The lowest BCUT2D eigenvalue weighted by Gasteiger charge is -2.59. The maximum absolute atomic E-state index is 13.6. The lowest BCUT2D eigenvalue weighted by molar-refractivity contribution is -0.171. The number of rotatable bonds is 2. The second-order valence-corrected chi connectivity index (χ2v) is 7.63. The Morgan fingerprint density at radius 3 is 2.25 bits per heavy atom. The predicted octanol–water partition coefficient (Wildman–Crippen LogP) is 4.21. The molecule has 1 nitrogen and oxygen atoms in total. The zero-order valence-electron chi connectivity index (χ0n) is 11.5. The third-order valence-electron chi connectivity index (χ3n) is 6.02. The Balaban J connectivity index is 1.62. The molecule has 0 heterocycles. The van der Waals surface area contributed by atoms with Crippen molar-refractivity contribution in [3.63, 3.8) is 0 Å². The summed E-state index contributed by atoms with van der Waals surface area (Å²) in [5, 5.41) is 11.4. The van der Waals surface area contributed by atoms with Crippen molar-refractivity contribution < 1.29 is 9.50 Å². The Labute approximate surface area is 124 Å². The van der Waals surface area contributed by atoms with Crippen LogP contribution in [0.2, 0.25) is 5.02 Å². The molecule has 0 radical (unpaired) electrons. The van der Waals surface area contributed by atoms with E-state index >= 15 is 0 Å². The van der Waals surface area contributed by atoms with E-state index in [1.165, 1.54) is 38.2 Å². The van der Waals surface area contributed by atoms with Crippen LogP contribution in [0.1, 0.15) is 37.7 Å². The molecule has 20 heavy (non-hydrogen) atoms. The van der Waals surface area contributed by atoms with Crippen molar-refractivity contribution in [2.45, 2.75) is 44.1 Å². The van der Waals surface area contributed by atoms with E-state index in [9.17, 15) is 9.50 Å². The van der Waals surface area contributed by atoms with Crippen molar-refractivity contribution in [3.05, 3.63) is 34.6 Å². The van der Waals surface area contributed by atoms with Gasteiger partial charge in [0.1, 0.15) is 5.82 Å². The molecule has 3 heteroatoms. The largest absolute Gasteiger partial charge is 0.389 e. The molecule has 1 N–H and O–H groups in total. The monoisotopic (exact) mass is 294 g/mol. The molecule has 0 atom stereocenters. The van der Waals surface area contributed by atoms with E-state index in [0.717, 1.165) is 17.4 Å². The normalized spacial score (nSPS) is 42.1. The van der Waals surface area contributed by atoms with Gasteiger partial charge in [0.25, 0.3) is 0 Å². The SMILES string of the molecule is OC1(Cc2ccc(Cl)c(F)c2)C2CC3CC(C2)CC1C3. The molecule has 0 amide bonds. The molecule has 0 aromatic heterocycles. The van der Waals surface area contributed by atoms with Crippen LogP contribution in [0.5, 0.6) is 0 Å². The molecule has 1 aromatic carbocycles. The quantitative estimate of drug-likeness (QED) is 0.866. The standard InChI is InChI=1S/C17H20ClFO/c18-15-2-1-10(8-16(15)19)9-17(20)13-4-11-3-12(6-13)7-14(17)5-11/h1-2,8,11-14,20H,3-7,9H2. The summed E-state index contributed by atoms with van der Waals surface area (Å²) >= 11 is 5.74. The fourth-order valence-electron chi connectivity index (χ4n) is 5.27. The van der Waals surface area contributed by atoms with Gasteiger partial charge < -0.3 is 5.11 Å². The minimum Gasteiger partial charge on any atom is -0.389 e. The van der Waals surface area contributed by atoms with Crippen molar-refractivity contribution in [1.29, 1.82) is 0 Å². The van der Waals surface area contributed by atoms with E-state index in [4.69, 9.17) is 11.6 Å². The van der Waals surface area contributed by atoms with Crippen LogP contribution in [-0.4, -0.2) is 10.7 Å². The van der Waals surface area contributed by atoms with Crippen molar-refractivity contribution in [3.8, 4) is 0 Å². The second-order valence-electron chi connectivity index (χ2n) is 7.22. The zero-order chi connectivity index (χ0) is 13.9. The van der Waals surface area contributed by atoms with Gasteiger partial charge in [0.2, 0.25) is 0 Å². The molecule has 4 bridgehead atoms. The molecule has 1 aromatic rings. The first-order chi connectivity index (χ1) is 9.54. The first-order valence-corrected chi connectivity index (χ1v) is 8.08. The summed E-state index contributed by atoms with van der Waals surface area (Å²) in [6, 6.07) is 4.95. The Bertz CT molecular complexity index is 514. The molecule has 0 saturated heterocycles. The highest BCUT2D eigenvalue weighted by molar-refractivity contribution is 6.30. The van der Waals surface area contributed by atoms with E-state index < -0.39 is 5.60 Å². The molecule has 108 valence electrons. The van der Waals surface area contributed by atoms with Crippen LogP contribution in [0, 0.1) is 29.5 Å². The van der Waals surface area contributed by atoms with Gasteiger partial charge in [0.05, 0.1) is 10.6 Å². The minimum absolute atomic E-state index is 0.158. The van der Waals surface area contributed by atoms with Crippen LogP contribution in [0.3, 0.4) is 0 Å². The van der Waals surface area contributed by atoms with Gasteiger partial charge in [-0.1, -0.05) is 17.7 Å². The summed E-state index contributed by atoms with van der Waals surface area (Å²) < 4.78 is 13.6. The van der Waals surface area contributed by atoms with Crippen LogP contribution >= 0.6 is 11.6 Å². The molecule has 0 aliphatic heterocycles. The number of aliphatic hydroxyl groups is 1. The highest BCUT2D eigenvalue weighted by atomic mass is 35.5. The molecule has 4 aliphatic carbocycles. The van der Waals surface area contributed by atoms with Crippen LogP contribution in [0.4, 0.5) is 4.39 Å². The number of halogens is 2. The summed E-state index contributed by atoms with van der Waals surface area (Å²) in [5.74, 6) is 2.12. The average Bonchev–Trinajstić information content (AvgIpc) is 2.40. The molecule has 4 saturated carbocycles. The van der Waals surface area contributed by atoms with Gasteiger partial charge in [-0.25, -0.2) is 4.39 Å². The van der Waals surface area contributed by atoms with Gasteiger partial charge in [-0.15, -0.1) is 0 Å². The third-order valence-corrected chi connectivity index (χ3v) is 6.33. The maximum atomic E-state index is 13.6. The summed E-state index contributed by atoms with van der Waals surface area (Å²) in [7, 11) is 0. The van der Waals surface area contributed by atoms with Crippen LogP contribution in [-0.2, 0) is 6.42 Å². The van der Waals surface area contributed by atoms with Gasteiger partial charge >= 0.3 is 0 Å². The molecule has 0 unspecified atom stereocenters. The lowest BCUT2D eigenvalue weighted by Crippen LogP contribution is -2.58. The van der Waals surface area contributed by atoms with Gasteiger partial charge in [-0.05, 0) is 73.5 Å². The first kappa shape index (κ1) is 13.1. The highest BCUT2D eigenvalue weighted by Gasteiger charge is 2.56. The Kier molecular flexibility index (Phi) is 2.91. The molecule has 0 spiro atoms. The lowest BCUT2D eigenvalue weighted by atomic mass is 9.49. The van der Waals surface area contributed by atoms with Gasteiger partial charge in [-0.3, -0.25) is 0 Å². The van der Waals surface area contributed by atoms with Gasteiger partial charge in [-0.2, -0.15) is 0 Å². The Morgan fingerprint density at radius 2 is 1.70 bits per heavy atom. The van der Waals surface area contributed by atoms with Crippen molar-refractivity contribution >= 4 is 11.6 Å². The smallest absolute Gasteiger partial charge is 0.142 e. The molecular formula is C17H20ClFO.